The van der Waals surface area contributed by atoms with Gasteiger partial charge in [0.1, 0.15) is 29.3 Å². The van der Waals surface area contributed by atoms with Gasteiger partial charge in [-0.25, -0.2) is 18.2 Å². The number of ether oxygens (including phenoxy) is 2. The zero-order valence-electron chi connectivity index (χ0n) is 31.8. The maximum atomic E-state index is 14.5. The van der Waals surface area contributed by atoms with Gasteiger partial charge in [-0.1, -0.05) is 23.8 Å². The van der Waals surface area contributed by atoms with E-state index in [1.807, 2.05) is 22.9 Å². The molecule has 2 aromatic rings. The zero-order chi connectivity index (χ0) is 39.6. The van der Waals surface area contributed by atoms with Crippen LogP contribution >= 0.6 is 0 Å². The fourth-order valence-electron chi connectivity index (χ4n) is 6.28. The van der Waals surface area contributed by atoms with Gasteiger partial charge >= 0.3 is 6.09 Å². The van der Waals surface area contributed by atoms with Crippen molar-refractivity contribution in [2.24, 2.45) is 0 Å². The Bertz CT molecular complexity index is 1960. The number of nitrogens with zero attached hydrogens (tertiary/aromatic N) is 2. The molecule has 0 radical (unpaired) electrons. The van der Waals surface area contributed by atoms with Crippen molar-refractivity contribution in [2.75, 3.05) is 6.54 Å². The fourth-order valence-corrected chi connectivity index (χ4v) is 7.68. The number of likely N-dealkylation sites (tertiary alicyclic amines) is 1. The van der Waals surface area contributed by atoms with Crippen LogP contribution in [0.15, 0.2) is 54.8 Å². The number of hydrogen-bond donors (Lipinski definition) is 3. The number of nitrogens with one attached hydrogen (secondary N) is 3. The smallest absolute Gasteiger partial charge is 0.408 e. The lowest BCUT2D eigenvalue weighted by molar-refractivity contribution is -0.141. The summed E-state index contributed by atoms with van der Waals surface area (Å²) in [6.45, 7) is 13.4. The van der Waals surface area contributed by atoms with E-state index in [9.17, 15) is 32.4 Å². The predicted molar refractivity (Wildman–Crippen MR) is 202 cm³/mol. The van der Waals surface area contributed by atoms with Crippen molar-refractivity contribution in [2.45, 2.75) is 127 Å². The molecule has 3 fully saturated rings. The van der Waals surface area contributed by atoms with Gasteiger partial charge in [0.15, 0.2) is 5.78 Å². The molecule has 5 rings (SSSR count). The molecule has 1 saturated heterocycles. The third kappa shape index (κ3) is 10.2. The minimum absolute atomic E-state index is 0.0387. The van der Waals surface area contributed by atoms with Gasteiger partial charge in [-0.05, 0) is 109 Å². The number of alkyl carbamates (subject to hydrolysis) is 1. The number of amides is 4. The maximum absolute atomic E-state index is 14.5. The standard InChI is InChI=1S/C39H51N5O9S/c1-8-39(7,36(48)43-54(50,51)29-14-15-29)42-33(46)32-21-28(52-34-30-20-26(24-9-10-24)12-11-25(30)17-18-40-34)22-44(32)35(47)31(16-13-27(45)19-23(2)3)41-37(49)53-38(4,5)6/h8,11-12,17-20,24,28-29,31-32H,1,9-10,13-16,21-22H2,2-7H3,(H,41,49)(H,42,46)(H,43,48)/t28-,31+,32+,39-/m1/s1. The molecule has 1 aromatic carbocycles. The summed E-state index contributed by atoms with van der Waals surface area (Å²) in [5.74, 6) is -1.92. The normalized spacial score (nSPS) is 20.2. The predicted octanol–water partition coefficient (Wildman–Crippen LogP) is 4.34. The fraction of sp³-hybridized carbons (Fsp3) is 0.538. The molecule has 4 amide bonds. The van der Waals surface area contributed by atoms with E-state index in [1.54, 1.807) is 40.8 Å². The number of benzene rings is 1. The van der Waals surface area contributed by atoms with Crippen molar-refractivity contribution < 1.29 is 41.9 Å². The number of sulfonamides is 1. The average Bonchev–Trinajstić information content (AvgIpc) is 4.02. The number of hydrogen-bond acceptors (Lipinski definition) is 10. The monoisotopic (exact) mass is 765 g/mol. The lowest BCUT2D eigenvalue weighted by Crippen LogP contribution is -2.61. The average molecular weight is 766 g/mol. The Labute approximate surface area is 316 Å². The Balaban J connectivity index is 1.45. The molecule has 292 valence electrons. The van der Waals surface area contributed by atoms with Crippen LogP contribution in [0.3, 0.4) is 0 Å². The highest BCUT2D eigenvalue weighted by Gasteiger charge is 2.47. The van der Waals surface area contributed by atoms with Crippen LogP contribution in [0, 0.1) is 0 Å². The number of carbonyl (C=O) groups is 5. The van der Waals surface area contributed by atoms with E-state index in [2.05, 4.69) is 28.3 Å². The molecule has 1 aliphatic heterocycles. The van der Waals surface area contributed by atoms with Crippen LogP contribution < -0.4 is 20.1 Å². The quantitative estimate of drug-likeness (QED) is 0.174. The highest BCUT2D eigenvalue weighted by Crippen LogP contribution is 2.42. The van der Waals surface area contributed by atoms with Gasteiger partial charge in [0.25, 0.3) is 5.91 Å². The molecular weight excluding hydrogens is 715 g/mol. The third-order valence-electron chi connectivity index (χ3n) is 9.51. The molecule has 3 aliphatic rings. The van der Waals surface area contributed by atoms with Gasteiger partial charge in [-0.2, -0.15) is 0 Å². The summed E-state index contributed by atoms with van der Waals surface area (Å²) in [6.07, 6.45) is 5.36. The molecule has 2 heterocycles. The minimum Gasteiger partial charge on any atom is -0.472 e. The van der Waals surface area contributed by atoms with Gasteiger partial charge in [-0.3, -0.25) is 23.9 Å². The Morgan fingerprint density at radius 3 is 2.37 bits per heavy atom. The largest absolute Gasteiger partial charge is 0.472 e. The molecule has 2 saturated carbocycles. The highest BCUT2D eigenvalue weighted by molar-refractivity contribution is 7.91. The van der Waals surface area contributed by atoms with Crippen LogP contribution in [0.4, 0.5) is 4.79 Å². The van der Waals surface area contributed by atoms with Gasteiger partial charge in [0.2, 0.25) is 27.7 Å². The van der Waals surface area contributed by atoms with Crippen LogP contribution in [0.1, 0.15) is 98.0 Å². The van der Waals surface area contributed by atoms with Crippen molar-refractivity contribution in [1.29, 1.82) is 0 Å². The summed E-state index contributed by atoms with van der Waals surface area (Å²) in [5.41, 5.74) is -0.832. The number of allylic oxidation sites excluding steroid dienone is 2. The lowest BCUT2D eigenvalue weighted by atomic mass is 10.0. The SMILES string of the molecule is C=C[C@@](C)(NC(=O)[C@@H]1C[C@@H](Oc2nccc3ccc(C4CC4)cc23)CN1C(=O)[C@H](CCC(=O)C=C(C)C)NC(=O)OC(C)(C)C)C(=O)NS(=O)(=O)C1CC1. The summed E-state index contributed by atoms with van der Waals surface area (Å²) in [7, 11) is -3.96. The van der Waals surface area contributed by atoms with Crippen LogP contribution in [0.2, 0.25) is 0 Å². The van der Waals surface area contributed by atoms with Gasteiger partial charge in [0.05, 0.1) is 11.8 Å². The number of carbonyl (C=O) groups excluding carboxylic acids is 5. The van der Waals surface area contributed by atoms with E-state index in [0.29, 0.717) is 24.6 Å². The molecule has 15 heteroatoms. The first-order valence-electron chi connectivity index (χ1n) is 18.3. The van der Waals surface area contributed by atoms with E-state index >= 15 is 0 Å². The number of ketones is 1. The molecule has 4 atom stereocenters. The Morgan fingerprint density at radius 2 is 1.76 bits per heavy atom. The number of aromatic nitrogens is 1. The molecule has 2 aliphatic carbocycles. The van der Waals surface area contributed by atoms with E-state index in [4.69, 9.17) is 9.47 Å². The second kappa shape index (κ2) is 15.9. The molecule has 14 nitrogen and oxygen atoms in total. The first-order chi connectivity index (χ1) is 25.3. The molecule has 1 aromatic heterocycles. The number of rotatable bonds is 15. The lowest BCUT2D eigenvalue weighted by Gasteiger charge is -2.32. The molecule has 0 spiro atoms. The van der Waals surface area contributed by atoms with E-state index in [1.165, 1.54) is 23.5 Å². The number of pyridine rings is 1. The molecule has 0 unspecified atom stereocenters. The van der Waals surface area contributed by atoms with E-state index < -0.39 is 68.4 Å². The van der Waals surface area contributed by atoms with Crippen LogP contribution in [-0.2, 0) is 33.9 Å². The number of fused-ring (bicyclic) bond motifs is 1. The van der Waals surface area contributed by atoms with Crippen LogP contribution in [0.25, 0.3) is 10.8 Å². The summed E-state index contributed by atoms with van der Waals surface area (Å²) in [4.78, 5) is 73.4. The van der Waals surface area contributed by atoms with Crippen molar-refractivity contribution in [1.82, 2.24) is 25.2 Å². The molecule has 54 heavy (non-hydrogen) atoms. The third-order valence-corrected chi connectivity index (χ3v) is 11.3. The van der Waals surface area contributed by atoms with Crippen molar-refractivity contribution >= 4 is 50.4 Å². The van der Waals surface area contributed by atoms with Gasteiger partial charge in [-0.15, -0.1) is 6.58 Å². The van der Waals surface area contributed by atoms with Crippen molar-refractivity contribution in [3.63, 3.8) is 0 Å². The summed E-state index contributed by atoms with van der Waals surface area (Å²) in [5, 5.41) is 6.19. The minimum atomic E-state index is -3.96. The zero-order valence-corrected chi connectivity index (χ0v) is 32.6. The molecular formula is C39H51N5O9S. The summed E-state index contributed by atoms with van der Waals surface area (Å²) < 4.78 is 39.1. The molecule has 0 bridgehead atoms. The van der Waals surface area contributed by atoms with Crippen molar-refractivity contribution in [3.8, 4) is 5.88 Å². The molecule has 3 N–H and O–H groups in total. The summed E-state index contributed by atoms with van der Waals surface area (Å²) in [6, 6.07) is 5.48. The first kappa shape index (κ1) is 40.4. The van der Waals surface area contributed by atoms with Crippen LogP contribution in [0.5, 0.6) is 5.88 Å². The van der Waals surface area contributed by atoms with E-state index in [-0.39, 0.29) is 31.6 Å². The van der Waals surface area contributed by atoms with Gasteiger partial charge in [0, 0.05) is 24.4 Å². The second-order valence-corrected chi connectivity index (χ2v) is 17.8. The van der Waals surface area contributed by atoms with E-state index in [0.717, 1.165) is 35.3 Å². The Morgan fingerprint density at radius 1 is 1.06 bits per heavy atom. The Hall–Kier alpha value is -4.79. The van der Waals surface area contributed by atoms with Crippen LogP contribution in [-0.4, -0.2) is 89.0 Å². The van der Waals surface area contributed by atoms with Crippen molar-refractivity contribution in [3.05, 3.63) is 60.3 Å². The Kier molecular flexibility index (Phi) is 11.9. The topological polar surface area (TPSA) is 190 Å². The summed E-state index contributed by atoms with van der Waals surface area (Å²) >= 11 is 0. The van der Waals surface area contributed by atoms with Gasteiger partial charge < -0.3 is 25.0 Å². The first-order valence-corrected chi connectivity index (χ1v) is 19.9. The second-order valence-electron chi connectivity index (χ2n) is 15.8. The highest BCUT2D eigenvalue weighted by atomic mass is 32.2. The maximum Gasteiger partial charge on any atom is 0.408 e.